The Morgan fingerprint density at radius 1 is 1.40 bits per heavy atom. The first-order chi connectivity index (χ1) is 4.36. The second-order valence-electron chi connectivity index (χ2n) is 3.91. The molecule has 0 N–H and O–H groups in total. The van der Waals surface area contributed by atoms with Crippen molar-refractivity contribution in [3.8, 4) is 0 Å². The summed E-state index contributed by atoms with van der Waals surface area (Å²) in [6.07, 6.45) is 0.951. The van der Waals surface area contributed by atoms with Gasteiger partial charge in [0.2, 0.25) is 0 Å². The van der Waals surface area contributed by atoms with Gasteiger partial charge in [0.05, 0.1) is 0 Å². The molecular weight excluding hydrogens is 126 g/mol. The summed E-state index contributed by atoms with van der Waals surface area (Å²) in [5.41, 5.74) is -0.200. The molecule has 10 heavy (non-hydrogen) atoms. The highest BCUT2D eigenvalue weighted by atomic mass is 16.5. The molecule has 0 aliphatic carbocycles. The summed E-state index contributed by atoms with van der Waals surface area (Å²) in [7, 11) is 1.59. The summed E-state index contributed by atoms with van der Waals surface area (Å²) in [5.74, 6) is 0.589. The van der Waals surface area contributed by atoms with Crippen LogP contribution in [0.5, 0.6) is 0 Å². The van der Waals surface area contributed by atoms with Gasteiger partial charge in [-0.15, -0.1) is 0 Å². The third kappa shape index (κ3) is 3.18. The monoisotopic (exact) mass is 144 g/mol. The molecule has 0 saturated heterocycles. The van der Waals surface area contributed by atoms with E-state index in [1.807, 2.05) is 13.8 Å². The third-order valence-electron chi connectivity index (χ3n) is 1.76. The summed E-state index contributed by atoms with van der Waals surface area (Å²) in [6.45, 7) is 8.20. The van der Waals surface area contributed by atoms with Gasteiger partial charge in [0, 0.05) is 5.54 Å². The molecule has 0 saturated carbocycles. The summed E-state index contributed by atoms with van der Waals surface area (Å²) < 4.78 is 0. The number of hydrogen-bond acceptors (Lipinski definition) is 2. The Balaban J connectivity index is 3.87. The Hall–Kier alpha value is -0.0800. The zero-order valence-corrected chi connectivity index (χ0v) is 7.64. The van der Waals surface area contributed by atoms with E-state index in [2.05, 4.69) is 13.8 Å². The highest BCUT2D eigenvalue weighted by Gasteiger charge is 2.17. The number of hydroxylamine groups is 2. The van der Waals surface area contributed by atoms with Crippen LogP contribution in [0.2, 0.25) is 0 Å². The molecule has 0 atom stereocenters. The molecule has 0 aliphatic heterocycles. The first-order valence-electron chi connectivity index (χ1n) is 3.77. The minimum Gasteiger partial charge on any atom is -0.785 e. The topological polar surface area (TPSA) is 26.3 Å². The maximum Gasteiger partial charge on any atom is 0.00334 e. The Bertz CT molecular complexity index is 97.4. The van der Waals surface area contributed by atoms with Crippen LogP contribution in [0.25, 0.3) is 0 Å². The lowest BCUT2D eigenvalue weighted by Gasteiger charge is -2.42. The fourth-order valence-electron chi connectivity index (χ4n) is 1.13. The lowest BCUT2D eigenvalue weighted by Crippen LogP contribution is -2.37. The number of hydrogen-bond donors (Lipinski definition) is 0. The largest absolute Gasteiger partial charge is 0.785 e. The Labute approximate surface area is 63.8 Å². The zero-order chi connectivity index (χ0) is 8.36. The van der Waals surface area contributed by atoms with E-state index < -0.39 is 0 Å². The standard InChI is InChI=1S/C8H18NO/c1-7(2)6-8(3,4)9(5)10/h7H,6H2,1-5H3/q-1. The second-order valence-corrected chi connectivity index (χ2v) is 3.91. The van der Waals surface area contributed by atoms with Crippen LogP contribution in [-0.4, -0.2) is 17.6 Å². The van der Waals surface area contributed by atoms with Crippen molar-refractivity contribution in [2.45, 2.75) is 39.7 Å². The van der Waals surface area contributed by atoms with Crippen molar-refractivity contribution in [2.24, 2.45) is 5.92 Å². The number of rotatable bonds is 3. The molecule has 0 aromatic heterocycles. The Morgan fingerprint density at radius 2 is 1.80 bits per heavy atom. The maximum atomic E-state index is 10.9. The van der Waals surface area contributed by atoms with Gasteiger partial charge in [-0.05, 0) is 33.2 Å². The molecule has 0 spiro atoms. The molecule has 0 unspecified atom stereocenters. The van der Waals surface area contributed by atoms with Crippen molar-refractivity contribution in [2.75, 3.05) is 7.05 Å². The Morgan fingerprint density at radius 3 is 1.90 bits per heavy atom. The van der Waals surface area contributed by atoms with E-state index in [1.165, 1.54) is 0 Å². The third-order valence-corrected chi connectivity index (χ3v) is 1.76. The van der Waals surface area contributed by atoms with E-state index in [-0.39, 0.29) is 5.54 Å². The van der Waals surface area contributed by atoms with Crippen LogP contribution >= 0.6 is 0 Å². The summed E-state index contributed by atoms with van der Waals surface area (Å²) in [6, 6.07) is 0. The van der Waals surface area contributed by atoms with Gasteiger partial charge < -0.3 is 10.3 Å². The molecule has 0 radical (unpaired) electrons. The summed E-state index contributed by atoms with van der Waals surface area (Å²) in [4.78, 5) is 0. The van der Waals surface area contributed by atoms with Crippen molar-refractivity contribution >= 4 is 0 Å². The number of nitrogens with zero attached hydrogens (tertiary/aromatic N) is 1. The highest BCUT2D eigenvalue weighted by Crippen LogP contribution is 2.20. The maximum absolute atomic E-state index is 10.9. The summed E-state index contributed by atoms with van der Waals surface area (Å²) >= 11 is 0. The van der Waals surface area contributed by atoms with E-state index in [4.69, 9.17) is 0 Å². The molecular formula is C8H18NO-. The molecule has 0 aromatic rings. The minimum absolute atomic E-state index is 0.200. The van der Waals surface area contributed by atoms with Gasteiger partial charge in [0.1, 0.15) is 0 Å². The van der Waals surface area contributed by atoms with E-state index in [9.17, 15) is 5.21 Å². The lowest BCUT2D eigenvalue weighted by atomic mass is 9.93. The van der Waals surface area contributed by atoms with Crippen LogP contribution in [-0.2, 0) is 0 Å². The van der Waals surface area contributed by atoms with Crippen LogP contribution in [0.15, 0.2) is 0 Å². The van der Waals surface area contributed by atoms with Gasteiger partial charge in [0.25, 0.3) is 0 Å². The smallest absolute Gasteiger partial charge is 0.00334 e. The fourth-order valence-corrected chi connectivity index (χ4v) is 1.13. The van der Waals surface area contributed by atoms with Crippen molar-refractivity contribution in [1.82, 2.24) is 5.06 Å². The molecule has 2 nitrogen and oxygen atoms in total. The molecule has 0 fully saturated rings. The molecule has 0 bridgehead atoms. The molecule has 0 rings (SSSR count). The molecule has 0 aliphatic rings. The van der Waals surface area contributed by atoms with Gasteiger partial charge in [-0.2, -0.15) is 0 Å². The average molecular weight is 144 g/mol. The second kappa shape index (κ2) is 3.35. The fraction of sp³-hybridized carbons (Fsp3) is 1.00. The quantitative estimate of drug-likeness (QED) is 0.568. The minimum atomic E-state index is -0.200. The van der Waals surface area contributed by atoms with E-state index in [1.54, 1.807) is 7.05 Å². The van der Waals surface area contributed by atoms with Crippen molar-refractivity contribution in [3.05, 3.63) is 5.21 Å². The van der Waals surface area contributed by atoms with E-state index >= 15 is 0 Å². The predicted molar refractivity (Wildman–Crippen MR) is 44.7 cm³/mol. The molecule has 0 heterocycles. The van der Waals surface area contributed by atoms with Crippen molar-refractivity contribution in [3.63, 3.8) is 0 Å². The van der Waals surface area contributed by atoms with Crippen LogP contribution < -0.4 is 0 Å². The van der Waals surface area contributed by atoms with Crippen molar-refractivity contribution < 1.29 is 0 Å². The van der Waals surface area contributed by atoms with Gasteiger partial charge in [-0.25, -0.2) is 0 Å². The summed E-state index contributed by atoms with van der Waals surface area (Å²) in [5, 5.41) is 12.0. The van der Waals surface area contributed by atoms with E-state index in [0.717, 1.165) is 11.5 Å². The van der Waals surface area contributed by atoms with E-state index in [0.29, 0.717) is 5.92 Å². The molecule has 0 amide bonds. The zero-order valence-electron chi connectivity index (χ0n) is 7.64. The first kappa shape index (κ1) is 9.92. The normalized spacial score (nSPS) is 13.2. The van der Waals surface area contributed by atoms with Crippen LogP contribution in [0, 0.1) is 11.1 Å². The SMILES string of the molecule is CC(C)CC(C)(C)N(C)[O-]. The van der Waals surface area contributed by atoms with Crippen LogP contribution in [0.1, 0.15) is 34.1 Å². The van der Waals surface area contributed by atoms with Crippen molar-refractivity contribution in [1.29, 1.82) is 0 Å². The van der Waals surface area contributed by atoms with Gasteiger partial charge in [-0.1, -0.05) is 13.8 Å². The van der Waals surface area contributed by atoms with Gasteiger partial charge in [0.15, 0.2) is 0 Å². The predicted octanol–water partition coefficient (Wildman–Crippen LogP) is 2.24. The Kier molecular flexibility index (Phi) is 3.33. The van der Waals surface area contributed by atoms with Gasteiger partial charge in [-0.3, -0.25) is 0 Å². The van der Waals surface area contributed by atoms with Gasteiger partial charge >= 0.3 is 0 Å². The van der Waals surface area contributed by atoms with Crippen LogP contribution in [0.3, 0.4) is 0 Å². The molecule has 2 heteroatoms. The molecule has 0 aromatic carbocycles. The molecule has 62 valence electrons. The van der Waals surface area contributed by atoms with Crippen LogP contribution in [0.4, 0.5) is 0 Å². The average Bonchev–Trinajstić information content (AvgIpc) is 1.60. The highest BCUT2D eigenvalue weighted by molar-refractivity contribution is 4.80. The lowest BCUT2D eigenvalue weighted by molar-refractivity contribution is 0.188. The first-order valence-corrected chi connectivity index (χ1v) is 3.77.